The lowest BCUT2D eigenvalue weighted by Crippen LogP contribution is -2.49. The van der Waals surface area contributed by atoms with Crippen molar-refractivity contribution in [3.8, 4) is 0 Å². The van der Waals surface area contributed by atoms with E-state index < -0.39 is 35.9 Å². The lowest BCUT2D eigenvalue weighted by molar-refractivity contribution is -0.182. The van der Waals surface area contributed by atoms with Gasteiger partial charge in [-0.15, -0.1) is 0 Å². The fourth-order valence-corrected chi connectivity index (χ4v) is 2.25. The summed E-state index contributed by atoms with van der Waals surface area (Å²) in [5.74, 6) is -1.50. The maximum Gasteiger partial charge on any atom is 0.341 e. The highest BCUT2D eigenvalue weighted by Gasteiger charge is 2.42. The third kappa shape index (κ3) is 5.15. The van der Waals surface area contributed by atoms with Crippen LogP contribution < -0.4 is 0 Å². The Labute approximate surface area is 158 Å². The summed E-state index contributed by atoms with van der Waals surface area (Å²) in [4.78, 5) is 24.8. The molecular formula is C21H24O6. The topological polar surface area (TPSA) is 93.1 Å². The summed E-state index contributed by atoms with van der Waals surface area (Å²) < 4.78 is 10.6. The Bertz CT molecular complexity index is 701. The molecule has 0 aliphatic rings. The van der Waals surface area contributed by atoms with Gasteiger partial charge in [0.1, 0.15) is 6.10 Å². The summed E-state index contributed by atoms with van der Waals surface area (Å²) in [6, 6.07) is 16.3. The van der Waals surface area contributed by atoms with E-state index >= 15 is 0 Å². The highest BCUT2D eigenvalue weighted by Crippen LogP contribution is 2.30. The maximum atomic E-state index is 12.4. The van der Waals surface area contributed by atoms with Gasteiger partial charge in [0.2, 0.25) is 0 Å². The Morgan fingerprint density at radius 3 is 1.52 bits per heavy atom. The van der Waals surface area contributed by atoms with Gasteiger partial charge in [0.25, 0.3) is 6.29 Å². The van der Waals surface area contributed by atoms with Crippen molar-refractivity contribution in [2.45, 2.75) is 39.3 Å². The van der Waals surface area contributed by atoms with Gasteiger partial charge in [0.05, 0.1) is 17.2 Å². The minimum Gasteiger partial charge on any atom is -0.419 e. The van der Waals surface area contributed by atoms with E-state index in [1.54, 1.807) is 74.5 Å². The number of benzene rings is 2. The summed E-state index contributed by atoms with van der Waals surface area (Å²) in [5.41, 5.74) is -0.598. The van der Waals surface area contributed by atoms with E-state index in [1.165, 1.54) is 6.92 Å². The Morgan fingerprint density at radius 1 is 0.815 bits per heavy atom. The molecule has 144 valence electrons. The number of rotatable bonds is 7. The molecule has 2 N–H and O–H groups in total. The van der Waals surface area contributed by atoms with E-state index in [-0.39, 0.29) is 11.1 Å². The fraction of sp³-hybridized carbons (Fsp3) is 0.333. The molecule has 0 bridgehead atoms. The molecule has 2 unspecified atom stereocenters. The largest absolute Gasteiger partial charge is 0.419 e. The quantitative estimate of drug-likeness (QED) is 0.573. The van der Waals surface area contributed by atoms with Crippen LogP contribution in [0, 0.1) is 5.41 Å². The number of esters is 2. The smallest absolute Gasteiger partial charge is 0.341 e. The highest BCUT2D eigenvalue weighted by molar-refractivity contribution is 5.91. The van der Waals surface area contributed by atoms with Crippen molar-refractivity contribution in [2.24, 2.45) is 5.41 Å². The zero-order valence-corrected chi connectivity index (χ0v) is 15.5. The average Bonchev–Trinajstić information content (AvgIpc) is 2.67. The van der Waals surface area contributed by atoms with Crippen LogP contribution in [0.3, 0.4) is 0 Å². The van der Waals surface area contributed by atoms with Gasteiger partial charge >= 0.3 is 11.9 Å². The average molecular weight is 372 g/mol. The van der Waals surface area contributed by atoms with Gasteiger partial charge < -0.3 is 19.7 Å². The molecule has 0 saturated heterocycles. The van der Waals surface area contributed by atoms with Gasteiger partial charge in [0, 0.05) is 5.41 Å². The first-order valence-electron chi connectivity index (χ1n) is 8.61. The van der Waals surface area contributed by atoms with Crippen LogP contribution in [0.2, 0.25) is 0 Å². The van der Waals surface area contributed by atoms with Crippen molar-refractivity contribution in [1.29, 1.82) is 0 Å². The summed E-state index contributed by atoms with van der Waals surface area (Å²) in [6.07, 6.45) is -3.98. The van der Waals surface area contributed by atoms with E-state index in [4.69, 9.17) is 9.47 Å². The lowest BCUT2D eigenvalue weighted by Gasteiger charge is -2.36. The Kier molecular flexibility index (Phi) is 6.71. The monoisotopic (exact) mass is 372 g/mol. The van der Waals surface area contributed by atoms with Crippen LogP contribution in [0.25, 0.3) is 0 Å². The van der Waals surface area contributed by atoms with Gasteiger partial charge in [0.15, 0.2) is 0 Å². The SMILES string of the molecule is CC(O)C(C)(C)C(O)C(OC(=O)c1ccccc1)OC(=O)c1ccccc1. The third-order valence-electron chi connectivity index (χ3n) is 4.56. The molecule has 0 saturated carbocycles. The van der Waals surface area contributed by atoms with Gasteiger partial charge in [-0.1, -0.05) is 50.2 Å². The first-order valence-corrected chi connectivity index (χ1v) is 8.61. The van der Waals surface area contributed by atoms with Gasteiger partial charge in [-0.3, -0.25) is 0 Å². The van der Waals surface area contributed by atoms with Crippen molar-refractivity contribution in [2.75, 3.05) is 0 Å². The van der Waals surface area contributed by atoms with Crippen molar-refractivity contribution in [3.63, 3.8) is 0 Å². The summed E-state index contributed by atoms with van der Waals surface area (Å²) in [6.45, 7) is 4.67. The molecule has 6 heteroatoms. The molecule has 2 rings (SSSR count). The predicted octanol–water partition coefficient (Wildman–Crippen LogP) is 2.79. The first kappa shape index (κ1) is 20.6. The minimum absolute atomic E-state index is 0.250. The van der Waals surface area contributed by atoms with E-state index in [1.807, 2.05) is 0 Å². The van der Waals surface area contributed by atoms with Crippen LogP contribution in [0.1, 0.15) is 41.5 Å². The molecule has 0 aliphatic heterocycles. The standard InChI is InChI=1S/C21H24O6/c1-14(22)21(2,3)17(23)20(26-18(24)15-10-6-4-7-11-15)27-19(25)16-12-8-5-9-13-16/h4-14,17,20,22-23H,1-3H3. The third-order valence-corrected chi connectivity index (χ3v) is 4.56. The number of aliphatic hydroxyl groups is 2. The van der Waals surface area contributed by atoms with Crippen LogP contribution in [0.15, 0.2) is 60.7 Å². The minimum atomic E-state index is -1.59. The van der Waals surface area contributed by atoms with Crippen LogP contribution in [-0.4, -0.2) is 40.6 Å². The number of aliphatic hydroxyl groups excluding tert-OH is 2. The molecule has 0 fully saturated rings. The zero-order valence-electron chi connectivity index (χ0n) is 15.5. The number of hydrogen-bond acceptors (Lipinski definition) is 6. The van der Waals surface area contributed by atoms with E-state index in [9.17, 15) is 19.8 Å². The molecule has 0 amide bonds. The molecular weight excluding hydrogens is 348 g/mol. The second kappa shape index (κ2) is 8.79. The number of hydrogen-bond donors (Lipinski definition) is 2. The molecule has 6 nitrogen and oxygen atoms in total. The summed E-state index contributed by atoms with van der Waals surface area (Å²) in [7, 11) is 0. The summed E-state index contributed by atoms with van der Waals surface area (Å²) >= 11 is 0. The lowest BCUT2D eigenvalue weighted by atomic mass is 9.81. The maximum absolute atomic E-state index is 12.4. The Morgan fingerprint density at radius 2 is 1.19 bits per heavy atom. The fourth-order valence-electron chi connectivity index (χ4n) is 2.25. The highest BCUT2D eigenvalue weighted by atomic mass is 16.7. The normalized spacial score (nSPS) is 13.7. The van der Waals surface area contributed by atoms with Crippen molar-refractivity contribution >= 4 is 11.9 Å². The van der Waals surface area contributed by atoms with Gasteiger partial charge in [-0.05, 0) is 31.2 Å². The van der Waals surface area contributed by atoms with Crippen molar-refractivity contribution in [1.82, 2.24) is 0 Å². The zero-order chi connectivity index (χ0) is 20.0. The molecule has 0 spiro atoms. The molecule has 2 aromatic carbocycles. The predicted molar refractivity (Wildman–Crippen MR) is 99.0 cm³/mol. The first-order chi connectivity index (χ1) is 12.7. The van der Waals surface area contributed by atoms with E-state index in [0.29, 0.717) is 0 Å². The van der Waals surface area contributed by atoms with Crippen molar-refractivity contribution < 1.29 is 29.3 Å². The Hall–Kier alpha value is -2.70. The van der Waals surface area contributed by atoms with Crippen LogP contribution in [0.5, 0.6) is 0 Å². The second-order valence-electron chi connectivity index (χ2n) is 6.85. The molecule has 0 radical (unpaired) electrons. The van der Waals surface area contributed by atoms with E-state index in [0.717, 1.165) is 0 Å². The van der Waals surface area contributed by atoms with Gasteiger partial charge in [-0.25, -0.2) is 9.59 Å². The Balaban J connectivity index is 2.25. The number of carbonyl (C=O) groups excluding carboxylic acids is 2. The van der Waals surface area contributed by atoms with Crippen LogP contribution in [-0.2, 0) is 9.47 Å². The molecule has 2 atom stereocenters. The van der Waals surface area contributed by atoms with E-state index in [2.05, 4.69) is 0 Å². The molecule has 0 aromatic heterocycles. The molecule has 0 aliphatic carbocycles. The van der Waals surface area contributed by atoms with Crippen molar-refractivity contribution in [3.05, 3.63) is 71.8 Å². The van der Waals surface area contributed by atoms with Crippen LogP contribution in [0.4, 0.5) is 0 Å². The van der Waals surface area contributed by atoms with Gasteiger partial charge in [-0.2, -0.15) is 0 Å². The summed E-state index contributed by atoms with van der Waals surface area (Å²) in [5, 5.41) is 20.6. The molecule has 0 heterocycles. The van der Waals surface area contributed by atoms with Crippen LogP contribution >= 0.6 is 0 Å². The number of ether oxygens (including phenoxy) is 2. The number of carbonyl (C=O) groups is 2. The second-order valence-corrected chi connectivity index (χ2v) is 6.85. The molecule has 27 heavy (non-hydrogen) atoms. The molecule has 2 aromatic rings.